The number of rotatable bonds is 6. The zero-order valence-corrected chi connectivity index (χ0v) is 15.5. The van der Waals surface area contributed by atoms with E-state index in [1.54, 1.807) is 4.90 Å². The molecule has 0 radical (unpaired) electrons. The van der Waals surface area contributed by atoms with Crippen LogP contribution >= 0.6 is 11.3 Å². The summed E-state index contributed by atoms with van der Waals surface area (Å²) in [5.41, 5.74) is 4.02. The summed E-state index contributed by atoms with van der Waals surface area (Å²) in [6, 6.07) is 10.3. The molecule has 128 valence electrons. The maximum atomic E-state index is 12.8. The second-order valence-electron chi connectivity index (χ2n) is 5.86. The average molecular weight is 352 g/mol. The van der Waals surface area contributed by atoms with Gasteiger partial charge in [0.2, 0.25) is 0 Å². The van der Waals surface area contributed by atoms with Crippen LogP contribution in [0.5, 0.6) is 0 Å². The molecule has 6 heteroatoms. The van der Waals surface area contributed by atoms with Gasteiger partial charge in [0.1, 0.15) is 9.88 Å². The summed E-state index contributed by atoms with van der Waals surface area (Å²) >= 11 is 1.37. The highest BCUT2D eigenvalue weighted by Gasteiger charge is 2.22. The van der Waals surface area contributed by atoms with Gasteiger partial charge in [0.25, 0.3) is 5.91 Å². The molecule has 1 heterocycles. The van der Waals surface area contributed by atoms with Gasteiger partial charge < -0.3 is 4.90 Å². The van der Waals surface area contributed by atoms with Gasteiger partial charge in [-0.1, -0.05) is 23.8 Å². The van der Waals surface area contributed by atoms with Crippen molar-refractivity contribution in [2.24, 2.45) is 0 Å². The smallest absolute Gasteiger partial charge is 0.265 e. The molecule has 0 N–H and O–H groups in total. The molecule has 0 saturated carbocycles. The number of hydrogen-bond donors (Lipinski definition) is 0. The Hall–Kier alpha value is -2.70. The second-order valence-corrected chi connectivity index (χ2v) is 6.86. The van der Waals surface area contributed by atoms with Crippen LogP contribution in [0, 0.1) is 43.4 Å². The molecular weight excluding hydrogens is 332 g/mol. The van der Waals surface area contributed by atoms with Crippen molar-refractivity contribution in [3.63, 3.8) is 0 Å². The van der Waals surface area contributed by atoms with Crippen molar-refractivity contribution in [3.8, 4) is 22.7 Å². The third-order valence-corrected chi connectivity index (χ3v) is 5.06. The van der Waals surface area contributed by atoms with E-state index in [1.165, 1.54) is 16.9 Å². The lowest BCUT2D eigenvalue weighted by molar-refractivity contribution is 0.0766. The van der Waals surface area contributed by atoms with Crippen LogP contribution in [0.4, 0.5) is 0 Å². The van der Waals surface area contributed by atoms with Gasteiger partial charge in [-0.2, -0.15) is 10.5 Å². The van der Waals surface area contributed by atoms with Crippen LogP contribution < -0.4 is 0 Å². The Balaban J connectivity index is 2.32. The molecule has 0 aliphatic carbocycles. The van der Waals surface area contributed by atoms with Gasteiger partial charge >= 0.3 is 0 Å². The molecule has 0 bridgehead atoms. The Labute approximate surface area is 152 Å². The van der Waals surface area contributed by atoms with Gasteiger partial charge in [-0.25, -0.2) is 4.98 Å². The Bertz CT molecular complexity index is 839. The number of nitriles is 2. The van der Waals surface area contributed by atoms with Crippen LogP contribution in [-0.4, -0.2) is 28.9 Å². The second kappa shape index (κ2) is 8.41. The molecule has 0 unspecified atom stereocenters. The summed E-state index contributed by atoms with van der Waals surface area (Å²) < 4.78 is 0. The number of amides is 1. The van der Waals surface area contributed by atoms with E-state index in [0.717, 1.165) is 16.1 Å². The number of hydrogen-bond acceptors (Lipinski definition) is 5. The van der Waals surface area contributed by atoms with Crippen molar-refractivity contribution in [1.82, 2.24) is 9.88 Å². The molecule has 0 atom stereocenters. The highest BCUT2D eigenvalue weighted by atomic mass is 32.1. The molecule has 0 spiro atoms. The molecule has 2 rings (SSSR count). The lowest BCUT2D eigenvalue weighted by Gasteiger charge is -2.19. The van der Waals surface area contributed by atoms with E-state index >= 15 is 0 Å². The van der Waals surface area contributed by atoms with Gasteiger partial charge in [-0.3, -0.25) is 4.79 Å². The minimum absolute atomic E-state index is 0.156. The van der Waals surface area contributed by atoms with Gasteiger partial charge in [-0.05, 0) is 26.3 Å². The van der Waals surface area contributed by atoms with Crippen molar-refractivity contribution in [3.05, 3.63) is 39.9 Å². The van der Waals surface area contributed by atoms with Gasteiger partial charge in [0, 0.05) is 18.7 Å². The Kier molecular flexibility index (Phi) is 6.27. The van der Waals surface area contributed by atoms with Crippen LogP contribution in [-0.2, 0) is 0 Å². The quantitative estimate of drug-likeness (QED) is 0.787. The first-order valence-corrected chi connectivity index (χ1v) is 8.87. The lowest BCUT2D eigenvalue weighted by Crippen LogP contribution is -2.32. The third kappa shape index (κ3) is 4.43. The first-order valence-electron chi connectivity index (χ1n) is 8.06. The normalized spacial score (nSPS) is 10.1. The van der Waals surface area contributed by atoms with E-state index in [1.807, 2.05) is 32.9 Å². The van der Waals surface area contributed by atoms with Crippen LogP contribution in [0.25, 0.3) is 10.6 Å². The first kappa shape index (κ1) is 18.6. The summed E-state index contributed by atoms with van der Waals surface area (Å²) in [6.07, 6.45) is 0.498. The van der Waals surface area contributed by atoms with Crippen LogP contribution in [0.3, 0.4) is 0 Å². The molecule has 1 aromatic heterocycles. The molecule has 0 saturated heterocycles. The Morgan fingerprint density at radius 2 is 1.80 bits per heavy atom. The number of carbonyl (C=O) groups excluding carboxylic acids is 1. The van der Waals surface area contributed by atoms with E-state index in [9.17, 15) is 4.79 Å². The largest absolute Gasteiger partial charge is 0.336 e. The summed E-state index contributed by atoms with van der Waals surface area (Å²) in [5, 5.41) is 18.4. The van der Waals surface area contributed by atoms with Crippen molar-refractivity contribution in [2.75, 3.05) is 13.1 Å². The SMILES string of the molecule is Cc1ccc(-c2nc(C)c(C(=O)N(CCC#N)CCC#N)s2)c(C)c1. The van der Waals surface area contributed by atoms with Crippen molar-refractivity contribution < 1.29 is 4.79 Å². The van der Waals surface area contributed by atoms with Crippen LogP contribution in [0.15, 0.2) is 18.2 Å². The number of nitrogens with zero attached hydrogens (tertiary/aromatic N) is 4. The molecule has 0 aliphatic heterocycles. The molecule has 1 aromatic carbocycles. The van der Waals surface area contributed by atoms with Crippen LogP contribution in [0.1, 0.15) is 39.3 Å². The van der Waals surface area contributed by atoms with Crippen molar-refractivity contribution >= 4 is 17.2 Å². The molecule has 1 amide bonds. The third-order valence-electron chi connectivity index (χ3n) is 3.88. The molecule has 25 heavy (non-hydrogen) atoms. The molecular formula is C19H20N4OS. The maximum absolute atomic E-state index is 12.8. The van der Waals surface area contributed by atoms with E-state index in [4.69, 9.17) is 10.5 Å². The van der Waals surface area contributed by atoms with Gasteiger partial charge in [-0.15, -0.1) is 11.3 Å². The highest BCUT2D eigenvalue weighted by Crippen LogP contribution is 2.31. The molecule has 2 aromatic rings. The first-order chi connectivity index (χ1) is 12.0. The summed E-state index contributed by atoms with van der Waals surface area (Å²) in [4.78, 5) is 19.6. The minimum atomic E-state index is -0.156. The van der Waals surface area contributed by atoms with E-state index in [-0.39, 0.29) is 18.7 Å². The average Bonchev–Trinajstić information content (AvgIpc) is 2.96. The molecule has 0 fully saturated rings. The van der Waals surface area contributed by atoms with E-state index in [0.29, 0.717) is 23.7 Å². The Morgan fingerprint density at radius 3 is 2.36 bits per heavy atom. The van der Waals surface area contributed by atoms with E-state index in [2.05, 4.69) is 23.2 Å². The maximum Gasteiger partial charge on any atom is 0.265 e. The van der Waals surface area contributed by atoms with Crippen molar-refractivity contribution in [2.45, 2.75) is 33.6 Å². The monoisotopic (exact) mass is 352 g/mol. The zero-order valence-electron chi connectivity index (χ0n) is 14.7. The minimum Gasteiger partial charge on any atom is -0.336 e. The predicted octanol–water partition coefficient (Wildman–Crippen LogP) is 4.00. The lowest BCUT2D eigenvalue weighted by atomic mass is 10.1. The number of aryl methyl sites for hydroxylation is 3. The van der Waals surface area contributed by atoms with Crippen LogP contribution in [0.2, 0.25) is 0 Å². The number of benzene rings is 1. The number of carbonyl (C=O) groups is 1. The summed E-state index contributed by atoms with van der Waals surface area (Å²) in [5.74, 6) is -0.156. The van der Waals surface area contributed by atoms with Crippen molar-refractivity contribution in [1.29, 1.82) is 10.5 Å². The van der Waals surface area contributed by atoms with E-state index < -0.39 is 0 Å². The van der Waals surface area contributed by atoms with Gasteiger partial charge in [0.05, 0.1) is 30.7 Å². The standard InChI is InChI=1S/C19H20N4OS/c1-13-6-7-16(14(2)12-13)18-22-15(3)17(25-18)19(24)23(10-4-8-20)11-5-9-21/h6-7,12H,4-5,10-11H2,1-3H3. The predicted molar refractivity (Wildman–Crippen MR) is 98.1 cm³/mol. The fourth-order valence-corrected chi connectivity index (χ4v) is 3.72. The number of aromatic nitrogens is 1. The number of thiazole rings is 1. The molecule has 5 nitrogen and oxygen atoms in total. The Morgan fingerprint density at radius 1 is 1.16 bits per heavy atom. The fraction of sp³-hybridized carbons (Fsp3) is 0.368. The zero-order chi connectivity index (χ0) is 18.4. The topological polar surface area (TPSA) is 80.8 Å². The summed E-state index contributed by atoms with van der Waals surface area (Å²) in [7, 11) is 0. The van der Waals surface area contributed by atoms with Gasteiger partial charge in [0.15, 0.2) is 0 Å². The fourth-order valence-electron chi connectivity index (χ4n) is 2.59. The highest BCUT2D eigenvalue weighted by molar-refractivity contribution is 7.17. The summed E-state index contributed by atoms with van der Waals surface area (Å²) in [6.45, 7) is 6.55. The molecule has 0 aliphatic rings.